The molecule has 2 heterocycles. The van der Waals surface area contributed by atoms with Crippen molar-refractivity contribution in [2.75, 3.05) is 19.6 Å². The molecule has 2 aromatic rings. The molecule has 1 aromatic carbocycles. The minimum absolute atomic E-state index is 0. The van der Waals surface area contributed by atoms with Crippen molar-refractivity contribution in [1.82, 2.24) is 19.8 Å². The third-order valence-electron chi connectivity index (χ3n) is 6.14. The Labute approximate surface area is 176 Å². The number of halogens is 1. The average molecular weight is 410 g/mol. The molecule has 6 nitrogen and oxygen atoms in total. The summed E-state index contributed by atoms with van der Waals surface area (Å²) in [7, 11) is 0. The number of nitrogens with zero attached hydrogens (tertiary/aromatic N) is 3. The number of aromatic nitrogens is 2. The predicted octanol–water partition coefficient (Wildman–Crippen LogP) is 3.13. The summed E-state index contributed by atoms with van der Waals surface area (Å²) in [5.41, 5.74) is 1.02. The summed E-state index contributed by atoms with van der Waals surface area (Å²) in [6, 6.07) is 5.69. The van der Waals surface area contributed by atoms with E-state index in [1.807, 2.05) is 11.8 Å². The van der Waals surface area contributed by atoms with E-state index in [1.54, 1.807) is 29.2 Å². The zero-order valence-electron chi connectivity index (χ0n) is 16.9. The topological polar surface area (TPSA) is 67.2 Å². The molecule has 2 amide bonds. The highest BCUT2D eigenvalue weighted by atomic mass is 19.1. The van der Waals surface area contributed by atoms with Gasteiger partial charge in [-0.05, 0) is 55.4 Å². The molecule has 0 radical (unpaired) electrons. The van der Waals surface area contributed by atoms with Crippen LogP contribution in [0.15, 0.2) is 54.9 Å². The van der Waals surface area contributed by atoms with Crippen LogP contribution in [0.5, 0.6) is 0 Å². The van der Waals surface area contributed by atoms with Crippen molar-refractivity contribution < 1.29 is 15.4 Å². The standard InChI is InChI=1S/C23H25FN4O2.H2/c1-3-16(12-27-11-10-25-15(27)2)22(29)26-9-8-19-20-13-28(14-21(19)20)23(30)17-4-6-18(24)7-5-17;/h3-7,10-12,19-21H,1,8-9,13-14H2,2H3,(H,26,29);1H/b16-12+;/t19?,20-,21+;. The Bertz CT molecular complexity index is 989. The van der Waals surface area contributed by atoms with Gasteiger partial charge in [0.1, 0.15) is 11.6 Å². The lowest BCUT2D eigenvalue weighted by Gasteiger charge is -2.20. The maximum Gasteiger partial charge on any atom is 0.253 e. The second kappa shape index (κ2) is 8.26. The van der Waals surface area contributed by atoms with Gasteiger partial charge in [0.2, 0.25) is 0 Å². The van der Waals surface area contributed by atoms with Crippen LogP contribution >= 0.6 is 0 Å². The molecule has 4 rings (SSSR count). The molecule has 7 heteroatoms. The van der Waals surface area contributed by atoms with E-state index in [-0.39, 0.29) is 19.1 Å². The number of nitrogens with one attached hydrogen (secondary N) is 1. The molecule has 1 saturated carbocycles. The predicted molar refractivity (Wildman–Crippen MR) is 114 cm³/mol. The number of rotatable bonds is 7. The quantitative estimate of drug-likeness (QED) is 0.563. The van der Waals surface area contributed by atoms with Crippen molar-refractivity contribution in [3.05, 3.63) is 72.1 Å². The van der Waals surface area contributed by atoms with Crippen LogP contribution in [0.1, 0.15) is 24.0 Å². The van der Waals surface area contributed by atoms with Gasteiger partial charge in [-0.3, -0.25) is 9.59 Å². The Hall–Kier alpha value is -3.22. The highest BCUT2D eigenvalue weighted by molar-refractivity contribution is 5.99. The van der Waals surface area contributed by atoms with E-state index < -0.39 is 0 Å². The first kappa shape index (κ1) is 20.1. The highest BCUT2D eigenvalue weighted by Crippen LogP contribution is 2.53. The number of likely N-dealkylation sites (tertiary alicyclic amines) is 1. The fraction of sp³-hybridized carbons (Fsp3) is 0.348. The van der Waals surface area contributed by atoms with Crippen molar-refractivity contribution in [2.24, 2.45) is 17.8 Å². The third kappa shape index (κ3) is 4.06. The SMILES string of the molecule is C=C/C(=C\n1ccnc1C)C(=O)NCCC1[C@H]2CN(C(=O)c3ccc(F)cc3)C[C@@H]12.[HH]. The molecule has 1 N–H and O–H groups in total. The van der Waals surface area contributed by atoms with E-state index in [4.69, 9.17) is 0 Å². The normalized spacial score (nSPS) is 22.5. The Morgan fingerprint density at radius 3 is 2.60 bits per heavy atom. The minimum Gasteiger partial charge on any atom is -0.352 e. The van der Waals surface area contributed by atoms with Gasteiger partial charge in [-0.2, -0.15) is 0 Å². The van der Waals surface area contributed by atoms with E-state index in [9.17, 15) is 14.0 Å². The van der Waals surface area contributed by atoms with Crippen molar-refractivity contribution in [3.63, 3.8) is 0 Å². The van der Waals surface area contributed by atoms with Crippen LogP contribution in [-0.4, -0.2) is 45.9 Å². The number of hydrogen-bond donors (Lipinski definition) is 1. The molecule has 2 aliphatic rings. The maximum absolute atomic E-state index is 13.0. The van der Waals surface area contributed by atoms with E-state index in [0.717, 1.165) is 25.3 Å². The van der Waals surface area contributed by atoms with Crippen molar-refractivity contribution in [1.29, 1.82) is 0 Å². The Balaban J connectivity index is 0.00000272. The first-order valence-corrected chi connectivity index (χ1v) is 10.1. The molecule has 1 unspecified atom stereocenters. The van der Waals surface area contributed by atoms with Gasteiger partial charge >= 0.3 is 0 Å². The number of aryl methyl sites for hydroxylation is 1. The van der Waals surface area contributed by atoms with E-state index in [0.29, 0.717) is 35.4 Å². The number of benzene rings is 1. The summed E-state index contributed by atoms with van der Waals surface area (Å²) in [5, 5.41) is 2.96. The van der Waals surface area contributed by atoms with Gasteiger partial charge in [-0.15, -0.1) is 0 Å². The van der Waals surface area contributed by atoms with Crippen LogP contribution < -0.4 is 5.32 Å². The molecular formula is C23H27FN4O2. The second-order valence-electron chi connectivity index (χ2n) is 7.92. The molecule has 158 valence electrons. The number of hydrogen-bond acceptors (Lipinski definition) is 3. The zero-order chi connectivity index (χ0) is 21.3. The Morgan fingerprint density at radius 2 is 2.00 bits per heavy atom. The van der Waals surface area contributed by atoms with Crippen LogP contribution in [0.3, 0.4) is 0 Å². The van der Waals surface area contributed by atoms with Gasteiger partial charge in [0.15, 0.2) is 0 Å². The molecule has 0 spiro atoms. The van der Waals surface area contributed by atoms with Crippen LogP contribution in [0, 0.1) is 30.5 Å². The van der Waals surface area contributed by atoms with Crippen LogP contribution in [-0.2, 0) is 4.79 Å². The monoisotopic (exact) mass is 410 g/mol. The van der Waals surface area contributed by atoms with E-state index in [1.165, 1.54) is 24.3 Å². The van der Waals surface area contributed by atoms with Gasteiger partial charge in [0.25, 0.3) is 11.8 Å². The lowest BCUT2D eigenvalue weighted by molar-refractivity contribution is -0.117. The van der Waals surface area contributed by atoms with Crippen molar-refractivity contribution >= 4 is 18.0 Å². The highest BCUT2D eigenvalue weighted by Gasteiger charge is 2.55. The minimum atomic E-state index is -0.340. The fourth-order valence-corrected chi connectivity index (χ4v) is 4.35. The van der Waals surface area contributed by atoms with E-state index in [2.05, 4.69) is 16.9 Å². The van der Waals surface area contributed by atoms with Gasteiger partial charge in [0.05, 0.1) is 5.57 Å². The van der Waals surface area contributed by atoms with Gasteiger partial charge in [-0.25, -0.2) is 9.37 Å². The van der Waals surface area contributed by atoms with Crippen molar-refractivity contribution in [2.45, 2.75) is 13.3 Å². The number of fused-ring (bicyclic) bond motifs is 1. The lowest BCUT2D eigenvalue weighted by atomic mass is 10.1. The van der Waals surface area contributed by atoms with Crippen LogP contribution in [0.25, 0.3) is 6.20 Å². The van der Waals surface area contributed by atoms with Gasteiger partial charge in [0, 0.05) is 45.2 Å². The molecule has 1 saturated heterocycles. The van der Waals surface area contributed by atoms with Gasteiger partial charge in [-0.1, -0.05) is 12.7 Å². The van der Waals surface area contributed by atoms with E-state index >= 15 is 0 Å². The molecule has 1 aliphatic carbocycles. The summed E-state index contributed by atoms with van der Waals surface area (Å²) in [6.45, 7) is 7.65. The molecular weight excluding hydrogens is 383 g/mol. The van der Waals surface area contributed by atoms with Crippen LogP contribution in [0.4, 0.5) is 4.39 Å². The summed E-state index contributed by atoms with van der Waals surface area (Å²) < 4.78 is 14.8. The largest absolute Gasteiger partial charge is 0.352 e. The van der Waals surface area contributed by atoms with Crippen molar-refractivity contribution in [3.8, 4) is 0 Å². The molecule has 0 bridgehead atoms. The van der Waals surface area contributed by atoms with Gasteiger partial charge < -0.3 is 14.8 Å². The lowest BCUT2D eigenvalue weighted by Crippen LogP contribution is -2.32. The fourth-order valence-electron chi connectivity index (χ4n) is 4.35. The molecule has 1 aromatic heterocycles. The van der Waals surface area contributed by atoms with Crippen LogP contribution in [0.2, 0.25) is 0 Å². The number of piperidine rings is 1. The molecule has 30 heavy (non-hydrogen) atoms. The summed E-state index contributed by atoms with van der Waals surface area (Å²) in [5.74, 6) is 1.79. The number of carbonyl (C=O) groups is 2. The average Bonchev–Trinajstić information content (AvgIpc) is 3.07. The Morgan fingerprint density at radius 1 is 1.30 bits per heavy atom. The summed E-state index contributed by atoms with van der Waals surface area (Å²) in [4.78, 5) is 30.9. The summed E-state index contributed by atoms with van der Waals surface area (Å²) >= 11 is 0. The molecule has 2 fully saturated rings. The summed E-state index contributed by atoms with van der Waals surface area (Å²) in [6.07, 6.45) is 7.63. The first-order chi connectivity index (χ1) is 14.5. The third-order valence-corrected chi connectivity index (χ3v) is 6.14. The second-order valence-corrected chi connectivity index (χ2v) is 7.92. The number of amides is 2. The molecule has 1 aliphatic heterocycles. The zero-order valence-corrected chi connectivity index (χ0v) is 16.9. The molecule has 3 atom stereocenters. The first-order valence-electron chi connectivity index (χ1n) is 10.1. The Kier molecular flexibility index (Phi) is 5.53. The maximum atomic E-state index is 13.0. The number of imidazole rings is 1. The smallest absolute Gasteiger partial charge is 0.253 e. The number of carbonyl (C=O) groups excluding carboxylic acids is 2.